The van der Waals surface area contributed by atoms with Crippen LogP contribution in [0, 0.1) is 0 Å². The predicted octanol–water partition coefficient (Wildman–Crippen LogP) is 2.86. The molecule has 2 rings (SSSR count). The second-order valence-electron chi connectivity index (χ2n) is 4.53. The maximum Gasteiger partial charge on any atom is 0.104 e. The first kappa shape index (κ1) is 12.8. The van der Waals surface area contributed by atoms with Crippen molar-refractivity contribution >= 4 is 0 Å². The first-order valence-electron chi connectivity index (χ1n) is 6.16. The van der Waals surface area contributed by atoms with E-state index in [1.54, 1.807) is 0 Å². The third-order valence-corrected chi connectivity index (χ3v) is 3.21. The zero-order chi connectivity index (χ0) is 13.0. The third kappa shape index (κ3) is 2.61. The predicted molar refractivity (Wildman–Crippen MR) is 72.4 cm³/mol. The lowest BCUT2D eigenvalue weighted by molar-refractivity contribution is 0.216. The summed E-state index contributed by atoms with van der Waals surface area (Å²) in [6.45, 7) is 2.04. The molecule has 0 saturated carbocycles. The summed E-state index contributed by atoms with van der Waals surface area (Å²) in [5.41, 5.74) is 2.73. The summed E-state index contributed by atoms with van der Waals surface area (Å²) >= 11 is 0. The van der Waals surface area contributed by atoms with Gasteiger partial charge in [0, 0.05) is 12.5 Å². The average molecular weight is 242 g/mol. The van der Waals surface area contributed by atoms with Crippen molar-refractivity contribution in [2.75, 3.05) is 6.61 Å². The van der Waals surface area contributed by atoms with Gasteiger partial charge in [0.1, 0.15) is 6.10 Å². The van der Waals surface area contributed by atoms with Gasteiger partial charge < -0.3 is 10.2 Å². The smallest absolute Gasteiger partial charge is 0.104 e. The second kappa shape index (κ2) is 5.80. The van der Waals surface area contributed by atoms with Crippen LogP contribution in [-0.2, 0) is 0 Å². The third-order valence-electron chi connectivity index (χ3n) is 3.21. The fourth-order valence-corrected chi connectivity index (χ4v) is 2.12. The molecule has 2 aromatic carbocycles. The monoisotopic (exact) mass is 242 g/mol. The maximum atomic E-state index is 10.4. The molecule has 2 N–H and O–H groups in total. The minimum Gasteiger partial charge on any atom is -0.396 e. The van der Waals surface area contributed by atoms with E-state index in [-0.39, 0.29) is 12.5 Å². The lowest BCUT2D eigenvalue weighted by Crippen LogP contribution is -2.08. The van der Waals surface area contributed by atoms with Crippen molar-refractivity contribution in [3.05, 3.63) is 71.3 Å². The van der Waals surface area contributed by atoms with Gasteiger partial charge in [-0.2, -0.15) is 0 Å². The molecule has 2 aromatic rings. The van der Waals surface area contributed by atoms with Crippen molar-refractivity contribution in [1.82, 2.24) is 0 Å². The van der Waals surface area contributed by atoms with Crippen molar-refractivity contribution in [2.45, 2.75) is 18.9 Å². The van der Waals surface area contributed by atoms with Crippen LogP contribution in [0.5, 0.6) is 0 Å². The van der Waals surface area contributed by atoms with Gasteiger partial charge >= 0.3 is 0 Å². The molecule has 2 heteroatoms. The number of hydrogen-bond donors (Lipinski definition) is 2. The van der Waals surface area contributed by atoms with Gasteiger partial charge in [0.15, 0.2) is 0 Å². The molecule has 0 radical (unpaired) electrons. The van der Waals surface area contributed by atoms with E-state index in [2.05, 4.69) is 0 Å². The van der Waals surface area contributed by atoms with E-state index in [1.807, 2.05) is 61.5 Å². The van der Waals surface area contributed by atoms with Crippen LogP contribution >= 0.6 is 0 Å². The summed E-state index contributed by atoms with van der Waals surface area (Å²) in [5.74, 6) is 0.0274. The van der Waals surface area contributed by atoms with Crippen molar-refractivity contribution in [3.63, 3.8) is 0 Å². The Labute approximate surface area is 108 Å². The number of rotatable bonds is 4. The highest BCUT2D eigenvalue weighted by Crippen LogP contribution is 2.29. The number of aliphatic hydroxyl groups is 2. The second-order valence-corrected chi connectivity index (χ2v) is 4.53. The number of aliphatic hydroxyl groups excluding tert-OH is 2. The lowest BCUT2D eigenvalue weighted by Gasteiger charge is -2.19. The molecule has 0 amide bonds. The van der Waals surface area contributed by atoms with Crippen molar-refractivity contribution in [1.29, 1.82) is 0 Å². The lowest BCUT2D eigenvalue weighted by atomic mass is 9.90. The van der Waals surface area contributed by atoms with Gasteiger partial charge in [0.2, 0.25) is 0 Å². The zero-order valence-corrected chi connectivity index (χ0v) is 10.5. The first-order valence-corrected chi connectivity index (χ1v) is 6.16. The average Bonchev–Trinajstić information content (AvgIpc) is 2.46. The van der Waals surface area contributed by atoms with Crippen LogP contribution in [0.1, 0.15) is 35.6 Å². The van der Waals surface area contributed by atoms with Crippen LogP contribution in [-0.4, -0.2) is 16.8 Å². The summed E-state index contributed by atoms with van der Waals surface area (Å²) in [6, 6.07) is 17.3. The van der Waals surface area contributed by atoms with E-state index in [0.717, 1.165) is 16.7 Å². The van der Waals surface area contributed by atoms with Crippen LogP contribution < -0.4 is 0 Å². The molecule has 0 spiro atoms. The molecule has 0 aromatic heterocycles. The zero-order valence-electron chi connectivity index (χ0n) is 10.5. The van der Waals surface area contributed by atoms with E-state index in [0.29, 0.717) is 0 Å². The summed E-state index contributed by atoms with van der Waals surface area (Å²) in [6.07, 6.45) is -0.642. The fourth-order valence-electron chi connectivity index (χ4n) is 2.12. The molecule has 0 saturated heterocycles. The topological polar surface area (TPSA) is 40.5 Å². The SMILES string of the molecule is CC(CO)c1ccccc1C(O)c1ccccc1. The number of hydrogen-bond acceptors (Lipinski definition) is 2. The standard InChI is InChI=1S/C16H18O2/c1-12(11-17)14-9-5-6-10-15(14)16(18)13-7-3-2-4-8-13/h2-10,12,16-18H,11H2,1H3. The fraction of sp³-hybridized carbons (Fsp3) is 0.250. The van der Waals surface area contributed by atoms with E-state index in [9.17, 15) is 10.2 Å². The van der Waals surface area contributed by atoms with E-state index < -0.39 is 6.10 Å². The quantitative estimate of drug-likeness (QED) is 0.865. The highest BCUT2D eigenvalue weighted by molar-refractivity contribution is 5.37. The number of benzene rings is 2. The van der Waals surface area contributed by atoms with E-state index in [4.69, 9.17) is 0 Å². The van der Waals surface area contributed by atoms with Gasteiger partial charge in [0.25, 0.3) is 0 Å². The summed E-state index contributed by atoms with van der Waals surface area (Å²) in [5, 5.41) is 19.7. The van der Waals surface area contributed by atoms with Crippen molar-refractivity contribution < 1.29 is 10.2 Å². The van der Waals surface area contributed by atoms with Crippen LogP contribution in [0.2, 0.25) is 0 Å². The van der Waals surface area contributed by atoms with E-state index >= 15 is 0 Å². The Morgan fingerprint density at radius 2 is 1.44 bits per heavy atom. The van der Waals surface area contributed by atoms with Gasteiger partial charge in [-0.25, -0.2) is 0 Å². The molecule has 94 valence electrons. The molecule has 0 aliphatic heterocycles. The summed E-state index contributed by atoms with van der Waals surface area (Å²) < 4.78 is 0. The Kier molecular flexibility index (Phi) is 4.13. The molecule has 2 nitrogen and oxygen atoms in total. The minimum atomic E-state index is -0.642. The van der Waals surface area contributed by atoms with Gasteiger partial charge in [0.05, 0.1) is 0 Å². The van der Waals surface area contributed by atoms with Gasteiger partial charge in [-0.1, -0.05) is 61.5 Å². The van der Waals surface area contributed by atoms with E-state index in [1.165, 1.54) is 0 Å². The molecule has 0 bridgehead atoms. The summed E-state index contributed by atoms with van der Waals surface area (Å²) in [4.78, 5) is 0. The Morgan fingerprint density at radius 1 is 0.889 bits per heavy atom. The van der Waals surface area contributed by atoms with Gasteiger partial charge in [-0.05, 0) is 16.7 Å². The van der Waals surface area contributed by atoms with Crippen molar-refractivity contribution in [2.24, 2.45) is 0 Å². The Balaban J connectivity index is 2.39. The highest BCUT2D eigenvalue weighted by Gasteiger charge is 2.16. The Hall–Kier alpha value is -1.64. The van der Waals surface area contributed by atoms with Gasteiger partial charge in [-0.15, -0.1) is 0 Å². The van der Waals surface area contributed by atoms with Crippen molar-refractivity contribution in [3.8, 4) is 0 Å². The maximum absolute atomic E-state index is 10.4. The molecule has 2 unspecified atom stereocenters. The van der Waals surface area contributed by atoms with Gasteiger partial charge in [-0.3, -0.25) is 0 Å². The molecule has 0 fully saturated rings. The minimum absolute atomic E-state index is 0.0274. The Morgan fingerprint density at radius 3 is 2.06 bits per heavy atom. The van der Waals surface area contributed by atoms with Crippen LogP contribution in [0.3, 0.4) is 0 Å². The first-order chi connectivity index (χ1) is 8.74. The van der Waals surface area contributed by atoms with Crippen LogP contribution in [0.25, 0.3) is 0 Å². The molecule has 2 atom stereocenters. The molecule has 0 aliphatic carbocycles. The molecular formula is C16H18O2. The molecular weight excluding hydrogens is 224 g/mol. The molecule has 18 heavy (non-hydrogen) atoms. The largest absolute Gasteiger partial charge is 0.396 e. The summed E-state index contributed by atoms with van der Waals surface area (Å²) in [7, 11) is 0. The molecule has 0 aliphatic rings. The highest BCUT2D eigenvalue weighted by atomic mass is 16.3. The van der Waals surface area contributed by atoms with Crippen LogP contribution in [0.15, 0.2) is 54.6 Å². The van der Waals surface area contributed by atoms with Crippen LogP contribution in [0.4, 0.5) is 0 Å². The molecule has 0 heterocycles. The normalized spacial score (nSPS) is 14.2. The Bertz CT molecular complexity index is 493.